The first-order valence-corrected chi connectivity index (χ1v) is 9.21. The number of fused-ring (bicyclic) bond motifs is 1. The van der Waals surface area contributed by atoms with E-state index in [-0.39, 0.29) is 11.9 Å². The number of carbonyl (C=O) groups excluding carboxylic acids is 1. The van der Waals surface area contributed by atoms with E-state index in [4.69, 9.17) is 23.2 Å². The zero-order valence-corrected chi connectivity index (χ0v) is 15.3. The van der Waals surface area contributed by atoms with Crippen molar-refractivity contribution in [1.82, 2.24) is 5.32 Å². The number of halogens is 2. The molecule has 126 valence electrons. The first-order chi connectivity index (χ1) is 11.6. The van der Waals surface area contributed by atoms with E-state index in [0.717, 1.165) is 18.4 Å². The van der Waals surface area contributed by atoms with Gasteiger partial charge in [0.25, 0.3) is 5.91 Å². The van der Waals surface area contributed by atoms with Crippen LogP contribution in [0.2, 0.25) is 10.0 Å². The third-order valence-corrected chi connectivity index (χ3v) is 5.21. The molecule has 0 saturated carbocycles. The molecule has 2 aromatic rings. The van der Waals surface area contributed by atoms with Crippen LogP contribution in [0.3, 0.4) is 0 Å². The summed E-state index contributed by atoms with van der Waals surface area (Å²) in [5.74, 6) is -0.166. The van der Waals surface area contributed by atoms with Crippen molar-refractivity contribution in [2.24, 2.45) is 0 Å². The molecular formula is C20H21Cl2NO. The van der Waals surface area contributed by atoms with Gasteiger partial charge in [-0.05, 0) is 67.0 Å². The van der Waals surface area contributed by atoms with Crippen LogP contribution in [0.4, 0.5) is 0 Å². The van der Waals surface area contributed by atoms with E-state index in [1.807, 2.05) is 0 Å². The number of carbonyl (C=O) groups is 1. The maximum absolute atomic E-state index is 12.6. The van der Waals surface area contributed by atoms with Gasteiger partial charge < -0.3 is 5.32 Å². The van der Waals surface area contributed by atoms with Gasteiger partial charge in [-0.1, -0.05) is 48.3 Å². The third-order valence-electron chi connectivity index (χ3n) is 4.66. The van der Waals surface area contributed by atoms with Crippen LogP contribution in [0, 0.1) is 0 Å². The second-order valence-corrected chi connectivity index (χ2v) is 7.14. The molecule has 1 amide bonds. The van der Waals surface area contributed by atoms with Gasteiger partial charge in [0.05, 0.1) is 16.6 Å². The molecule has 0 bridgehead atoms. The molecule has 0 unspecified atom stereocenters. The number of benzene rings is 2. The second-order valence-electron chi connectivity index (χ2n) is 6.29. The number of aryl methyl sites for hydroxylation is 2. The van der Waals surface area contributed by atoms with E-state index >= 15 is 0 Å². The van der Waals surface area contributed by atoms with Gasteiger partial charge in [0.15, 0.2) is 0 Å². The number of hydrogen-bond acceptors (Lipinski definition) is 1. The minimum Gasteiger partial charge on any atom is -0.345 e. The summed E-state index contributed by atoms with van der Waals surface area (Å²) >= 11 is 12.0. The van der Waals surface area contributed by atoms with Gasteiger partial charge in [0, 0.05) is 5.02 Å². The average molecular weight is 362 g/mol. The van der Waals surface area contributed by atoms with Crippen LogP contribution < -0.4 is 5.32 Å². The van der Waals surface area contributed by atoms with Crippen LogP contribution >= 0.6 is 23.2 Å². The molecule has 1 N–H and O–H groups in total. The van der Waals surface area contributed by atoms with E-state index < -0.39 is 0 Å². The minimum atomic E-state index is -0.166. The summed E-state index contributed by atoms with van der Waals surface area (Å²) in [6.45, 7) is 2.08. The fourth-order valence-electron chi connectivity index (χ4n) is 3.30. The first-order valence-electron chi connectivity index (χ1n) is 8.46. The molecule has 1 aliphatic rings. The van der Waals surface area contributed by atoms with Gasteiger partial charge >= 0.3 is 0 Å². The normalized spacial score (nSPS) is 14.8. The number of amides is 1. The zero-order chi connectivity index (χ0) is 17.1. The molecule has 4 heteroatoms. The van der Waals surface area contributed by atoms with Gasteiger partial charge in [0.1, 0.15) is 0 Å². The van der Waals surface area contributed by atoms with Gasteiger partial charge in [-0.2, -0.15) is 0 Å². The largest absolute Gasteiger partial charge is 0.345 e. The maximum atomic E-state index is 12.6. The molecule has 1 aliphatic carbocycles. The first kappa shape index (κ1) is 17.3. The molecule has 24 heavy (non-hydrogen) atoms. The predicted octanol–water partition coefficient (Wildman–Crippen LogP) is 5.75. The second kappa shape index (κ2) is 7.58. The lowest BCUT2D eigenvalue weighted by Crippen LogP contribution is -2.28. The van der Waals surface area contributed by atoms with Crippen molar-refractivity contribution < 1.29 is 4.79 Å². The molecule has 1 atom stereocenters. The van der Waals surface area contributed by atoms with Crippen LogP contribution in [0.25, 0.3) is 0 Å². The molecule has 0 aliphatic heterocycles. The Kier molecular flexibility index (Phi) is 5.47. The maximum Gasteiger partial charge on any atom is 0.253 e. The highest BCUT2D eigenvalue weighted by Crippen LogP contribution is 2.27. The van der Waals surface area contributed by atoms with Crippen LogP contribution in [-0.2, 0) is 12.8 Å². The third kappa shape index (κ3) is 3.76. The number of hydrogen-bond donors (Lipinski definition) is 1. The van der Waals surface area contributed by atoms with Crippen molar-refractivity contribution in [3.63, 3.8) is 0 Å². The van der Waals surface area contributed by atoms with Crippen molar-refractivity contribution in [1.29, 1.82) is 0 Å². The lowest BCUT2D eigenvalue weighted by atomic mass is 9.88. The number of rotatable bonds is 4. The molecule has 2 nitrogen and oxygen atoms in total. The average Bonchev–Trinajstić information content (AvgIpc) is 2.59. The van der Waals surface area contributed by atoms with Crippen LogP contribution in [-0.4, -0.2) is 5.91 Å². The summed E-state index contributed by atoms with van der Waals surface area (Å²) in [6.07, 6.45) is 5.65. The van der Waals surface area contributed by atoms with Crippen LogP contribution in [0.5, 0.6) is 0 Å². The van der Waals surface area contributed by atoms with E-state index in [0.29, 0.717) is 15.6 Å². The van der Waals surface area contributed by atoms with Gasteiger partial charge in [-0.3, -0.25) is 4.79 Å². The van der Waals surface area contributed by atoms with Crippen molar-refractivity contribution in [2.45, 2.75) is 45.1 Å². The summed E-state index contributed by atoms with van der Waals surface area (Å²) < 4.78 is 0. The summed E-state index contributed by atoms with van der Waals surface area (Å²) in [5, 5.41) is 4.00. The van der Waals surface area contributed by atoms with Crippen LogP contribution in [0.1, 0.15) is 59.3 Å². The Morgan fingerprint density at radius 2 is 1.83 bits per heavy atom. The fourth-order valence-corrected chi connectivity index (χ4v) is 3.80. The fraction of sp³-hybridized carbons (Fsp3) is 0.350. The highest BCUT2D eigenvalue weighted by atomic mass is 35.5. The monoisotopic (exact) mass is 361 g/mol. The highest BCUT2D eigenvalue weighted by molar-refractivity contribution is 6.36. The summed E-state index contributed by atoms with van der Waals surface area (Å²) in [5.41, 5.74) is 4.50. The van der Waals surface area contributed by atoms with E-state index in [9.17, 15) is 4.79 Å². The lowest BCUT2D eigenvalue weighted by Gasteiger charge is -2.22. The summed E-state index contributed by atoms with van der Waals surface area (Å²) in [6, 6.07) is 11.5. The molecule has 0 radical (unpaired) electrons. The van der Waals surface area contributed by atoms with E-state index in [1.165, 1.54) is 30.4 Å². The molecule has 0 saturated heterocycles. The lowest BCUT2D eigenvalue weighted by molar-refractivity contribution is 0.0935. The molecule has 0 spiro atoms. The van der Waals surface area contributed by atoms with Crippen molar-refractivity contribution in [3.05, 3.63) is 68.7 Å². The predicted molar refractivity (Wildman–Crippen MR) is 100 cm³/mol. The van der Waals surface area contributed by atoms with E-state index in [1.54, 1.807) is 18.2 Å². The smallest absolute Gasteiger partial charge is 0.253 e. The Bertz CT molecular complexity index is 757. The van der Waals surface area contributed by atoms with E-state index in [2.05, 4.69) is 30.4 Å². The standard InChI is InChI=1S/C20H21Cl2NO/c1-2-19(15-8-7-13-5-3-4-6-14(13)11-15)23-20(24)17-10-9-16(21)12-18(17)22/h7-12,19H,2-6H2,1H3,(H,23,24)/t19-/m0/s1. The number of nitrogens with one attached hydrogen (secondary N) is 1. The Labute approximate surface area is 153 Å². The molecule has 0 heterocycles. The molecule has 2 aromatic carbocycles. The van der Waals surface area contributed by atoms with Gasteiger partial charge in [-0.25, -0.2) is 0 Å². The van der Waals surface area contributed by atoms with Crippen molar-refractivity contribution in [3.8, 4) is 0 Å². The summed E-state index contributed by atoms with van der Waals surface area (Å²) in [4.78, 5) is 12.6. The zero-order valence-electron chi connectivity index (χ0n) is 13.7. The Balaban J connectivity index is 1.80. The molecule has 0 aromatic heterocycles. The Morgan fingerprint density at radius 3 is 2.54 bits per heavy atom. The molecule has 0 fully saturated rings. The Morgan fingerprint density at radius 1 is 1.08 bits per heavy atom. The molecule has 3 rings (SSSR count). The highest BCUT2D eigenvalue weighted by Gasteiger charge is 2.18. The summed E-state index contributed by atoms with van der Waals surface area (Å²) in [7, 11) is 0. The van der Waals surface area contributed by atoms with Crippen molar-refractivity contribution >= 4 is 29.1 Å². The minimum absolute atomic E-state index is 0.0172. The van der Waals surface area contributed by atoms with Crippen LogP contribution in [0.15, 0.2) is 36.4 Å². The topological polar surface area (TPSA) is 29.1 Å². The Hall–Kier alpha value is -1.51. The van der Waals surface area contributed by atoms with Crippen molar-refractivity contribution in [2.75, 3.05) is 0 Å². The van der Waals surface area contributed by atoms with Gasteiger partial charge in [0.2, 0.25) is 0 Å². The molecular weight excluding hydrogens is 341 g/mol. The SMILES string of the molecule is CC[C@H](NC(=O)c1ccc(Cl)cc1Cl)c1ccc2c(c1)CCCC2. The quantitative estimate of drug-likeness (QED) is 0.737. The van der Waals surface area contributed by atoms with Gasteiger partial charge in [-0.15, -0.1) is 0 Å².